The van der Waals surface area contributed by atoms with Crippen LogP contribution in [0.2, 0.25) is 10.0 Å². The van der Waals surface area contributed by atoms with Gasteiger partial charge in [0.1, 0.15) is 10.7 Å². The Bertz CT molecular complexity index is 1010. The van der Waals surface area contributed by atoms with E-state index < -0.39 is 6.16 Å². The van der Waals surface area contributed by atoms with Crippen LogP contribution in [0.15, 0.2) is 23.0 Å². The topological polar surface area (TPSA) is 92.3 Å². The van der Waals surface area contributed by atoms with Crippen LogP contribution in [0.5, 0.6) is 5.06 Å². The lowest BCUT2D eigenvalue weighted by Gasteiger charge is -2.03. The first-order valence-electron chi connectivity index (χ1n) is 6.72. The number of benzene rings is 1. The van der Waals surface area contributed by atoms with Crippen molar-refractivity contribution < 1.29 is 14.6 Å². The zero-order valence-electron chi connectivity index (χ0n) is 12.2. The highest BCUT2D eigenvalue weighted by molar-refractivity contribution is 7.20. The fourth-order valence-electron chi connectivity index (χ4n) is 2.27. The molecule has 0 aliphatic carbocycles. The van der Waals surface area contributed by atoms with Crippen molar-refractivity contribution >= 4 is 50.9 Å². The maximum atomic E-state index is 12.3. The number of fused-ring (bicyclic) bond motifs is 1. The second-order valence-electron chi connectivity index (χ2n) is 5.00. The Hall–Kier alpha value is -2.09. The van der Waals surface area contributed by atoms with Gasteiger partial charge in [-0.15, -0.1) is 0 Å². The molecule has 0 amide bonds. The Morgan fingerprint density at radius 1 is 1.38 bits per heavy atom. The molecule has 24 heavy (non-hydrogen) atoms. The predicted octanol–water partition coefficient (Wildman–Crippen LogP) is 4.25. The van der Waals surface area contributed by atoms with E-state index in [0.29, 0.717) is 38.1 Å². The summed E-state index contributed by atoms with van der Waals surface area (Å²) in [6.45, 7) is 1.62. The van der Waals surface area contributed by atoms with Crippen molar-refractivity contribution in [2.45, 2.75) is 13.3 Å². The summed E-state index contributed by atoms with van der Waals surface area (Å²) in [6, 6.07) is 5.16. The van der Waals surface area contributed by atoms with Crippen LogP contribution in [0, 0.1) is 6.92 Å². The average molecular weight is 385 g/mol. The number of hydrogen-bond donors (Lipinski definition) is 2. The summed E-state index contributed by atoms with van der Waals surface area (Å²) in [7, 11) is 0. The maximum Gasteiger partial charge on any atom is 0.512 e. The number of nitrogens with one attached hydrogen (secondary N) is 1. The fraction of sp³-hybridized carbons (Fsp3) is 0.133. The third-order valence-electron chi connectivity index (χ3n) is 3.34. The summed E-state index contributed by atoms with van der Waals surface area (Å²) in [6.07, 6.45) is -1.08. The molecule has 0 spiro atoms. The highest BCUT2D eigenvalue weighted by Gasteiger charge is 2.17. The molecule has 2 heterocycles. The highest BCUT2D eigenvalue weighted by atomic mass is 35.5. The summed E-state index contributed by atoms with van der Waals surface area (Å²) >= 11 is 12.9. The molecule has 0 unspecified atom stereocenters. The Morgan fingerprint density at radius 2 is 2.12 bits per heavy atom. The SMILES string of the molecule is Cc1c(OC(=O)O)sc2nc(Cc3ccc(Cl)c(Cl)c3)[nH]c(=O)c12. The minimum Gasteiger partial charge on any atom is -0.449 e. The van der Waals surface area contributed by atoms with E-state index in [1.807, 2.05) is 0 Å². The molecule has 0 aliphatic rings. The number of carbonyl (C=O) groups is 1. The normalized spacial score (nSPS) is 11.0. The number of nitrogens with zero attached hydrogens (tertiary/aromatic N) is 1. The minimum atomic E-state index is -1.43. The van der Waals surface area contributed by atoms with Gasteiger partial charge in [0.05, 0.1) is 15.4 Å². The van der Waals surface area contributed by atoms with Crippen LogP contribution >= 0.6 is 34.5 Å². The number of halogens is 2. The number of rotatable bonds is 3. The molecule has 0 radical (unpaired) electrons. The number of aromatic nitrogens is 2. The van der Waals surface area contributed by atoms with Gasteiger partial charge in [0.25, 0.3) is 5.56 Å². The first kappa shape index (κ1) is 16.8. The molecule has 6 nitrogen and oxygen atoms in total. The molecule has 9 heteroatoms. The van der Waals surface area contributed by atoms with Crippen molar-refractivity contribution in [3.8, 4) is 5.06 Å². The summed E-state index contributed by atoms with van der Waals surface area (Å²) in [4.78, 5) is 30.5. The average Bonchev–Trinajstić information content (AvgIpc) is 2.79. The van der Waals surface area contributed by atoms with E-state index >= 15 is 0 Å². The number of ether oxygens (including phenoxy) is 1. The number of aromatic amines is 1. The molecular formula is C15H10Cl2N2O4S. The first-order valence-corrected chi connectivity index (χ1v) is 8.29. The van der Waals surface area contributed by atoms with Gasteiger partial charge in [-0.25, -0.2) is 9.78 Å². The van der Waals surface area contributed by atoms with E-state index in [0.717, 1.165) is 16.9 Å². The molecule has 0 atom stereocenters. The standard InChI is InChI=1S/C15H10Cl2N2O4S/c1-6-11-12(20)18-10(5-7-2-3-8(16)9(17)4-7)19-13(11)24-14(6)23-15(21)22/h2-4H,5H2,1H3,(H,21,22)(H,18,19,20). The van der Waals surface area contributed by atoms with Gasteiger partial charge < -0.3 is 14.8 Å². The Kier molecular flexibility index (Phi) is 4.49. The van der Waals surface area contributed by atoms with Gasteiger partial charge in [-0.2, -0.15) is 0 Å². The van der Waals surface area contributed by atoms with Crippen molar-refractivity contribution in [3.05, 3.63) is 55.5 Å². The monoisotopic (exact) mass is 384 g/mol. The van der Waals surface area contributed by atoms with Crippen molar-refractivity contribution in [2.75, 3.05) is 0 Å². The smallest absolute Gasteiger partial charge is 0.449 e. The number of thiophene rings is 1. The Balaban J connectivity index is 2.02. The second kappa shape index (κ2) is 6.43. The van der Waals surface area contributed by atoms with Crippen LogP contribution in [0.3, 0.4) is 0 Å². The van der Waals surface area contributed by atoms with Gasteiger partial charge in [-0.05, 0) is 24.6 Å². The quantitative estimate of drug-likeness (QED) is 0.658. The Morgan fingerprint density at radius 3 is 2.79 bits per heavy atom. The van der Waals surface area contributed by atoms with Crippen molar-refractivity contribution in [1.82, 2.24) is 9.97 Å². The third kappa shape index (κ3) is 3.24. The van der Waals surface area contributed by atoms with Gasteiger partial charge >= 0.3 is 6.16 Å². The van der Waals surface area contributed by atoms with Gasteiger partial charge in [-0.3, -0.25) is 4.79 Å². The predicted molar refractivity (Wildman–Crippen MR) is 92.9 cm³/mol. The molecule has 0 aliphatic heterocycles. The summed E-state index contributed by atoms with van der Waals surface area (Å²) in [5, 5.41) is 10.1. The minimum absolute atomic E-state index is 0.141. The fourth-order valence-corrected chi connectivity index (χ4v) is 3.64. The van der Waals surface area contributed by atoms with Crippen LogP contribution in [0.1, 0.15) is 17.0 Å². The molecule has 0 bridgehead atoms. The van der Waals surface area contributed by atoms with Crippen LogP contribution in [-0.4, -0.2) is 21.2 Å². The second-order valence-corrected chi connectivity index (χ2v) is 6.78. The van der Waals surface area contributed by atoms with Gasteiger partial charge in [0.15, 0.2) is 5.06 Å². The van der Waals surface area contributed by atoms with E-state index in [-0.39, 0.29) is 10.6 Å². The zero-order valence-corrected chi connectivity index (χ0v) is 14.6. The molecule has 2 N–H and O–H groups in total. The molecule has 2 aromatic heterocycles. The van der Waals surface area contributed by atoms with Crippen molar-refractivity contribution in [3.63, 3.8) is 0 Å². The highest BCUT2D eigenvalue weighted by Crippen LogP contribution is 2.34. The van der Waals surface area contributed by atoms with E-state index in [2.05, 4.69) is 14.7 Å². The van der Waals surface area contributed by atoms with Crippen LogP contribution in [0.4, 0.5) is 4.79 Å². The molecule has 3 aromatic rings. The van der Waals surface area contributed by atoms with E-state index in [1.165, 1.54) is 0 Å². The third-order valence-corrected chi connectivity index (χ3v) is 5.14. The number of H-pyrrole nitrogens is 1. The molecule has 0 fully saturated rings. The molecular weight excluding hydrogens is 375 g/mol. The van der Waals surface area contributed by atoms with Gasteiger partial charge in [-0.1, -0.05) is 40.6 Å². The van der Waals surface area contributed by atoms with E-state index in [4.69, 9.17) is 28.3 Å². The van der Waals surface area contributed by atoms with Crippen LogP contribution < -0.4 is 10.3 Å². The number of aryl methyl sites for hydroxylation is 1. The molecule has 1 aromatic carbocycles. The van der Waals surface area contributed by atoms with Crippen molar-refractivity contribution in [2.24, 2.45) is 0 Å². The van der Waals surface area contributed by atoms with Gasteiger partial charge in [0, 0.05) is 12.0 Å². The summed E-state index contributed by atoms with van der Waals surface area (Å²) in [5.74, 6) is 0.439. The van der Waals surface area contributed by atoms with E-state index in [1.54, 1.807) is 25.1 Å². The number of carboxylic acid groups (broad SMARTS) is 1. The molecule has 124 valence electrons. The van der Waals surface area contributed by atoms with Crippen LogP contribution in [-0.2, 0) is 6.42 Å². The molecule has 3 rings (SSSR count). The first-order chi connectivity index (χ1) is 11.3. The van der Waals surface area contributed by atoms with Crippen LogP contribution in [0.25, 0.3) is 10.2 Å². The maximum absolute atomic E-state index is 12.3. The van der Waals surface area contributed by atoms with Crippen molar-refractivity contribution in [1.29, 1.82) is 0 Å². The number of hydrogen-bond acceptors (Lipinski definition) is 5. The summed E-state index contributed by atoms with van der Waals surface area (Å²) < 4.78 is 4.68. The van der Waals surface area contributed by atoms with E-state index in [9.17, 15) is 9.59 Å². The molecule has 0 saturated heterocycles. The lowest BCUT2D eigenvalue weighted by Crippen LogP contribution is -2.12. The lowest BCUT2D eigenvalue weighted by atomic mass is 10.1. The molecule has 0 saturated carbocycles. The Labute approximate surface area is 149 Å². The zero-order chi connectivity index (χ0) is 17.4. The summed E-state index contributed by atoms with van der Waals surface area (Å²) in [5.41, 5.74) is 0.943. The van der Waals surface area contributed by atoms with Gasteiger partial charge in [0.2, 0.25) is 0 Å². The largest absolute Gasteiger partial charge is 0.512 e. The lowest BCUT2D eigenvalue weighted by molar-refractivity contribution is 0.145.